The predicted molar refractivity (Wildman–Crippen MR) is 61.4 cm³/mol. The molecule has 4 nitrogen and oxygen atoms in total. The van der Waals surface area contributed by atoms with E-state index >= 15 is 0 Å². The molecule has 2 rings (SSSR count). The maximum atomic E-state index is 13.3. The van der Waals surface area contributed by atoms with E-state index in [0.29, 0.717) is 6.20 Å². The van der Waals surface area contributed by atoms with Crippen LogP contribution in [0.15, 0.2) is 36.8 Å². The van der Waals surface area contributed by atoms with E-state index in [1.54, 1.807) is 0 Å². The maximum Gasteiger partial charge on any atom is 0.417 e. The molecule has 0 bridgehead atoms. The van der Waals surface area contributed by atoms with Gasteiger partial charge in [0.15, 0.2) is 5.82 Å². The molecule has 0 radical (unpaired) electrons. The molecule has 0 unspecified atom stereocenters. The number of halogens is 4. The van der Waals surface area contributed by atoms with Crippen LogP contribution in [0.3, 0.4) is 0 Å². The van der Waals surface area contributed by atoms with Crippen LogP contribution in [0, 0.1) is 5.82 Å². The highest BCUT2D eigenvalue weighted by Crippen LogP contribution is 2.28. The number of pyridine rings is 2. The van der Waals surface area contributed by atoms with E-state index in [1.165, 1.54) is 6.20 Å². The number of carbonyl (C=O) groups is 1. The summed E-state index contributed by atoms with van der Waals surface area (Å²) in [5.41, 5.74) is -1.22. The van der Waals surface area contributed by atoms with Crippen molar-refractivity contribution >= 4 is 11.7 Å². The fraction of sp³-hybridized carbons (Fsp3) is 0.0833. The predicted octanol–water partition coefficient (Wildman–Crippen LogP) is 2.89. The van der Waals surface area contributed by atoms with Gasteiger partial charge >= 0.3 is 6.18 Å². The molecule has 1 amide bonds. The summed E-state index contributed by atoms with van der Waals surface area (Å²) in [7, 11) is 0. The van der Waals surface area contributed by atoms with E-state index < -0.39 is 23.5 Å². The van der Waals surface area contributed by atoms with Crippen LogP contribution < -0.4 is 5.32 Å². The van der Waals surface area contributed by atoms with Crippen LogP contribution in [0.25, 0.3) is 0 Å². The molecule has 20 heavy (non-hydrogen) atoms. The van der Waals surface area contributed by atoms with Crippen molar-refractivity contribution in [3.05, 3.63) is 53.7 Å². The normalized spacial score (nSPS) is 11.2. The van der Waals surface area contributed by atoms with Gasteiger partial charge in [-0.05, 0) is 18.2 Å². The van der Waals surface area contributed by atoms with Crippen molar-refractivity contribution in [1.82, 2.24) is 9.97 Å². The number of nitrogens with one attached hydrogen (secondary N) is 1. The first-order chi connectivity index (χ1) is 9.38. The molecule has 2 heterocycles. The number of rotatable bonds is 2. The summed E-state index contributed by atoms with van der Waals surface area (Å²) in [6, 6.07) is 2.90. The topological polar surface area (TPSA) is 54.9 Å². The second-order valence-corrected chi connectivity index (χ2v) is 3.74. The van der Waals surface area contributed by atoms with Crippen molar-refractivity contribution in [1.29, 1.82) is 0 Å². The van der Waals surface area contributed by atoms with Gasteiger partial charge in [-0.1, -0.05) is 0 Å². The quantitative estimate of drug-likeness (QED) is 0.863. The summed E-state index contributed by atoms with van der Waals surface area (Å²) in [6.45, 7) is 0. The molecule has 2 aromatic heterocycles. The lowest BCUT2D eigenvalue weighted by Gasteiger charge is -2.08. The summed E-state index contributed by atoms with van der Waals surface area (Å²) in [6.07, 6.45) is -1.85. The van der Waals surface area contributed by atoms with Gasteiger partial charge in [0.1, 0.15) is 5.82 Å². The fourth-order valence-corrected chi connectivity index (χ4v) is 1.38. The van der Waals surface area contributed by atoms with Crippen molar-refractivity contribution in [2.24, 2.45) is 0 Å². The molecule has 0 saturated carbocycles. The van der Waals surface area contributed by atoms with Gasteiger partial charge in [0.2, 0.25) is 0 Å². The third-order valence-electron chi connectivity index (χ3n) is 2.35. The summed E-state index contributed by atoms with van der Waals surface area (Å²) < 4.78 is 50.2. The average Bonchev–Trinajstić information content (AvgIpc) is 2.38. The minimum Gasteiger partial charge on any atom is -0.306 e. The fourth-order valence-electron chi connectivity index (χ4n) is 1.38. The van der Waals surface area contributed by atoms with Crippen LogP contribution in [0.5, 0.6) is 0 Å². The lowest BCUT2D eigenvalue weighted by atomic mass is 10.2. The first kappa shape index (κ1) is 13.9. The van der Waals surface area contributed by atoms with E-state index in [0.717, 1.165) is 24.4 Å². The molecule has 0 aliphatic rings. The van der Waals surface area contributed by atoms with Crippen molar-refractivity contribution in [3.63, 3.8) is 0 Å². The smallest absolute Gasteiger partial charge is 0.306 e. The standard InChI is InChI=1S/C12H7F4N3O/c13-9-6-17-4-3-8(9)11(20)19-10-2-1-7(5-18-10)12(14,15)16/h1-6H,(H,18,19,20). The average molecular weight is 285 g/mol. The molecule has 8 heteroatoms. The van der Waals surface area contributed by atoms with E-state index in [9.17, 15) is 22.4 Å². The third kappa shape index (κ3) is 3.08. The van der Waals surface area contributed by atoms with Gasteiger partial charge in [-0.15, -0.1) is 0 Å². The highest BCUT2D eigenvalue weighted by molar-refractivity contribution is 6.03. The van der Waals surface area contributed by atoms with Gasteiger partial charge in [0.05, 0.1) is 17.3 Å². The van der Waals surface area contributed by atoms with Gasteiger partial charge in [-0.25, -0.2) is 9.37 Å². The van der Waals surface area contributed by atoms with Crippen LogP contribution in [-0.4, -0.2) is 15.9 Å². The number of nitrogens with zero attached hydrogens (tertiary/aromatic N) is 2. The minimum atomic E-state index is -4.51. The molecular weight excluding hydrogens is 278 g/mol. The Labute approximate surface area is 110 Å². The van der Waals surface area contributed by atoms with Gasteiger partial charge < -0.3 is 5.32 Å². The maximum absolute atomic E-state index is 13.3. The van der Waals surface area contributed by atoms with Crippen LogP contribution >= 0.6 is 0 Å². The number of carbonyl (C=O) groups excluding carboxylic acids is 1. The molecule has 0 fully saturated rings. The van der Waals surface area contributed by atoms with Crippen LogP contribution in [0.4, 0.5) is 23.4 Å². The first-order valence-corrected chi connectivity index (χ1v) is 5.32. The Balaban J connectivity index is 2.15. The second-order valence-electron chi connectivity index (χ2n) is 3.74. The van der Waals surface area contributed by atoms with Crippen LogP contribution in [-0.2, 0) is 6.18 Å². The zero-order valence-electron chi connectivity index (χ0n) is 9.78. The number of hydrogen-bond acceptors (Lipinski definition) is 3. The number of anilines is 1. The largest absolute Gasteiger partial charge is 0.417 e. The summed E-state index contributed by atoms with van der Waals surface area (Å²) in [5, 5.41) is 2.19. The SMILES string of the molecule is O=C(Nc1ccc(C(F)(F)F)cn1)c1ccncc1F. The molecule has 0 aliphatic carbocycles. The number of hydrogen-bond donors (Lipinski definition) is 1. The molecule has 0 aromatic carbocycles. The summed E-state index contributed by atoms with van der Waals surface area (Å²) in [4.78, 5) is 18.6. The monoisotopic (exact) mass is 285 g/mol. The number of amides is 1. The molecule has 2 aromatic rings. The Morgan fingerprint density at radius 2 is 1.90 bits per heavy atom. The van der Waals surface area contributed by atoms with Gasteiger partial charge in [0, 0.05) is 12.4 Å². The minimum absolute atomic E-state index is 0.112. The second kappa shape index (κ2) is 5.24. The zero-order valence-corrected chi connectivity index (χ0v) is 9.78. The lowest BCUT2D eigenvalue weighted by Crippen LogP contribution is -2.15. The third-order valence-corrected chi connectivity index (χ3v) is 2.35. The Bertz CT molecular complexity index is 625. The van der Waals surface area contributed by atoms with Gasteiger partial charge in [0.25, 0.3) is 5.91 Å². The highest BCUT2D eigenvalue weighted by atomic mass is 19.4. The Morgan fingerprint density at radius 1 is 1.15 bits per heavy atom. The van der Waals surface area contributed by atoms with Crippen LogP contribution in [0.2, 0.25) is 0 Å². The molecule has 0 saturated heterocycles. The highest BCUT2D eigenvalue weighted by Gasteiger charge is 2.30. The molecule has 0 spiro atoms. The Hall–Kier alpha value is -2.51. The molecule has 0 atom stereocenters. The summed E-state index contributed by atoms with van der Waals surface area (Å²) >= 11 is 0. The first-order valence-electron chi connectivity index (χ1n) is 5.32. The molecule has 1 N–H and O–H groups in total. The molecular formula is C12H7F4N3O. The van der Waals surface area contributed by atoms with Crippen molar-refractivity contribution in [2.45, 2.75) is 6.18 Å². The Kier molecular flexibility index (Phi) is 3.64. The van der Waals surface area contributed by atoms with Crippen molar-refractivity contribution in [3.8, 4) is 0 Å². The number of aromatic nitrogens is 2. The van der Waals surface area contributed by atoms with Crippen molar-refractivity contribution < 1.29 is 22.4 Å². The Morgan fingerprint density at radius 3 is 2.45 bits per heavy atom. The molecule has 0 aliphatic heterocycles. The van der Waals surface area contributed by atoms with E-state index in [4.69, 9.17) is 0 Å². The lowest BCUT2D eigenvalue weighted by molar-refractivity contribution is -0.137. The van der Waals surface area contributed by atoms with Crippen LogP contribution in [0.1, 0.15) is 15.9 Å². The van der Waals surface area contributed by atoms with E-state index in [-0.39, 0.29) is 11.4 Å². The summed E-state index contributed by atoms with van der Waals surface area (Å²) in [5.74, 6) is -1.77. The van der Waals surface area contributed by atoms with E-state index in [1.807, 2.05) is 0 Å². The van der Waals surface area contributed by atoms with Gasteiger partial charge in [-0.3, -0.25) is 9.78 Å². The van der Waals surface area contributed by atoms with E-state index in [2.05, 4.69) is 15.3 Å². The number of alkyl halides is 3. The molecule has 104 valence electrons. The zero-order chi connectivity index (χ0) is 14.8. The van der Waals surface area contributed by atoms with Gasteiger partial charge in [-0.2, -0.15) is 13.2 Å². The van der Waals surface area contributed by atoms with Crippen molar-refractivity contribution in [2.75, 3.05) is 5.32 Å².